The van der Waals surface area contributed by atoms with E-state index in [9.17, 15) is 0 Å². The molecule has 0 aliphatic carbocycles. The molecule has 5 heteroatoms. The minimum atomic E-state index is 0.665. The fourth-order valence-corrected chi connectivity index (χ4v) is 5.23. The summed E-state index contributed by atoms with van der Waals surface area (Å²) in [4.78, 5) is 10.7. The Kier molecular flexibility index (Phi) is 6.70. The van der Waals surface area contributed by atoms with Crippen LogP contribution in [0.3, 0.4) is 0 Å². The number of hydrogen-bond donors (Lipinski definition) is 2. The topological polar surface area (TPSA) is 44.0 Å². The van der Waals surface area contributed by atoms with Crippen LogP contribution in [0, 0.1) is 0 Å². The standard InChI is InChI=1S/C29H31ClN4/c1-3-23(4-2)34-16-15-24-21(19-34)11-8-12-27(24)32-22-13-14-26(30)25(17-22)29-31-18-28(33-29)20-9-6-5-7-10-20/h5-14,17-18,23,32H,3-4,15-16,19H2,1-2H3,(H,31,33). The molecule has 174 valence electrons. The number of aromatic nitrogens is 2. The van der Waals surface area contributed by atoms with Crippen molar-refractivity contribution in [1.82, 2.24) is 14.9 Å². The molecule has 0 bridgehead atoms. The summed E-state index contributed by atoms with van der Waals surface area (Å²) in [5.41, 5.74) is 8.00. The van der Waals surface area contributed by atoms with Gasteiger partial charge in [0.1, 0.15) is 5.82 Å². The highest BCUT2D eigenvalue weighted by Gasteiger charge is 2.23. The van der Waals surface area contributed by atoms with Crippen LogP contribution in [-0.4, -0.2) is 27.5 Å². The average Bonchev–Trinajstić information content (AvgIpc) is 3.37. The zero-order chi connectivity index (χ0) is 23.5. The minimum Gasteiger partial charge on any atom is -0.355 e. The molecule has 5 rings (SSSR count). The number of fused-ring (bicyclic) bond motifs is 1. The smallest absolute Gasteiger partial charge is 0.139 e. The summed E-state index contributed by atoms with van der Waals surface area (Å²) in [5.74, 6) is 0.767. The predicted molar refractivity (Wildman–Crippen MR) is 143 cm³/mol. The number of halogens is 1. The first-order valence-electron chi connectivity index (χ1n) is 12.2. The van der Waals surface area contributed by atoms with Crippen LogP contribution in [0.25, 0.3) is 22.6 Å². The first kappa shape index (κ1) is 22.7. The second-order valence-corrected chi connectivity index (χ2v) is 9.37. The van der Waals surface area contributed by atoms with Crippen LogP contribution in [-0.2, 0) is 13.0 Å². The monoisotopic (exact) mass is 470 g/mol. The molecule has 1 aromatic heterocycles. The average molecular weight is 471 g/mol. The summed E-state index contributed by atoms with van der Waals surface area (Å²) in [6, 6.07) is 23.5. The number of benzene rings is 3. The number of nitrogens with one attached hydrogen (secondary N) is 2. The van der Waals surface area contributed by atoms with Crippen molar-refractivity contribution in [3.05, 3.63) is 89.1 Å². The highest BCUT2D eigenvalue weighted by atomic mass is 35.5. The molecule has 0 unspecified atom stereocenters. The molecule has 0 fully saturated rings. The van der Waals surface area contributed by atoms with Crippen LogP contribution in [0.5, 0.6) is 0 Å². The zero-order valence-electron chi connectivity index (χ0n) is 19.8. The van der Waals surface area contributed by atoms with Crippen LogP contribution >= 0.6 is 11.6 Å². The lowest BCUT2D eigenvalue weighted by molar-refractivity contribution is 0.169. The lowest BCUT2D eigenvalue weighted by Crippen LogP contribution is -2.38. The minimum absolute atomic E-state index is 0.665. The quantitative estimate of drug-likeness (QED) is 0.291. The third kappa shape index (κ3) is 4.61. The number of hydrogen-bond acceptors (Lipinski definition) is 3. The van der Waals surface area contributed by atoms with E-state index in [1.807, 2.05) is 36.5 Å². The SMILES string of the molecule is CCC(CC)N1CCc2c(cccc2Nc2ccc(Cl)c(-c3ncc(-c4ccccc4)[nH]3)c2)C1. The Labute approximate surface area is 207 Å². The number of nitrogens with zero attached hydrogens (tertiary/aromatic N) is 2. The van der Waals surface area contributed by atoms with E-state index in [-0.39, 0.29) is 0 Å². The van der Waals surface area contributed by atoms with Gasteiger partial charge in [-0.15, -0.1) is 0 Å². The molecular weight excluding hydrogens is 440 g/mol. The van der Waals surface area contributed by atoms with E-state index in [0.29, 0.717) is 11.1 Å². The van der Waals surface area contributed by atoms with E-state index in [0.717, 1.165) is 47.8 Å². The maximum atomic E-state index is 6.58. The van der Waals surface area contributed by atoms with Gasteiger partial charge in [0.25, 0.3) is 0 Å². The Morgan fingerprint density at radius 1 is 1.03 bits per heavy atom. The molecular formula is C29H31ClN4. The van der Waals surface area contributed by atoms with Crippen molar-refractivity contribution < 1.29 is 0 Å². The summed E-state index contributed by atoms with van der Waals surface area (Å²) < 4.78 is 0. The highest BCUT2D eigenvalue weighted by Crippen LogP contribution is 2.34. The zero-order valence-corrected chi connectivity index (χ0v) is 20.6. The largest absolute Gasteiger partial charge is 0.355 e. The van der Waals surface area contributed by atoms with Gasteiger partial charge in [-0.3, -0.25) is 4.90 Å². The third-order valence-corrected chi connectivity index (χ3v) is 7.25. The molecule has 0 saturated carbocycles. The molecule has 2 N–H and O–H groups in total. The van der Waals surface area contributed by atoms with Gasteiger partial charge in [0, 0.05) is 36.1 Å². The second-order valence-electron chi connectivity index (χ2n) is 8.97. The van der Waals surface area contributed by atoms with Crippen molar-refractivity contribution in [2.24, 2.45) is 0 Å². The van der Waals surface area contributed by atoms with Gasteiger partial charge in [0.05, 0.1) is 16.9 Å². The second kappa shape index (κ2) is 10.0. The molecule has 0 saturated heterocycles. The van der Waals surface area contributed by atoms with Gasteiger partial charge < -0.3 is 10.3 Å². The normalized spacial score (nSPS) is 13.8. The van der Waals surface area contributed by atoms with Gasteiger partial charge in [-0.1, -0.05) is 67.9 Å². The Morgan fingerprint density at radius 3 is 2.65 bits per heavy atom. The fourth-order valence-electron chi connectivity index (χ4n) is 5.03. The summed E-state index contributed by atoms with van der Waals surface area (Å²) in [6.45, 7) is 6.72. The summed E-state index contributed by atoms with van der Waals surface area (Å²) >= 11 is 6.58. The molecule has 1 aliphatic heterocycles. The number of rotatable bonds is 7. The first-order chi connectivity index (χ1) is 16.7. The number of H-pyrrole nitrogens is 1. The maximum Gasteiger partial charge on any atom is 0.139 e. The van der Waals surface area contributed by atoms with Crippen molar-refractivity contribution >= 4 is 23.0 Å². The van der Waals surface area contributed by atoms with Crippen LogP contribution in [0.1, 0.15) is 37.8 Å². The summed E-state index contributed by atoms with van der Waals surface area (Å²) in [5, 5.41) is 4.34. The fraction of sp³-hybridized carbons (Fsp3) is 0.276. The highest BCUT2D eigenvalue weighted by molar-refractivity contribution is 6.33. The molecule has 0 atom stereocenters. The van der Waals surface area contributed by atoms with E-state index in [1.54, 1.807) is 0 Å². The van der Waals surface area contributed by atoms with Crippen LogP contribution in [0.15, 0.2) is 72.9 Å². The van der Waals surface area contributed by atoms with E-state index in [1.165, 1.54) is 29.7 Å². The maximum absolute atomic E-state index is 6.58. The van der Waals surface area contributed by atoms with Crippen molar-refractivity contribution in [2.45, 2.75) is 45.7 Å². The lowest BCUT2D eigenvalue weighted by Gasteiger charge is -2.35. The van der Waals surface area contributed by atoms with Crippen molar-refractivity contribution in [3.8, 4) is 22.6 Å². The van der Waals surface area contributed by atoms with E-state index >= 15 is 0 Å². The Hall–Kier alpha value is -3.08. The molecule has 34 heavy (non-hydrogen) atoms. The van der Waals surface area contributed by atoms with Crippen molar-refractivity contribution in [3.63, 3.8) is 0 Å². The lowest BCUT2D eigenvalue weighted by atomic mass is 9.95. The summed E-state index contributed by atoms with van der Waals surface area (Å²) in [7, 11) is 0. The summed E-state index contributed by atoms with van der Waals surface area (Å²) in [6.07, 6.45) is 5.33. The predicted octanol–water partition coefficient (Wildman–Crippen LogP) is 7.69. The molecule has 4 aromatic rings. The van der Waals surface area contributed by atoms with Gasteiger partial charge in [-0.05, 0) is 60.2 Å². The van der Waals surface area contributed by atoms with Gasteiger partial charge in [0.2, 0.25) is 0 Å². The molecule has 1 aliphatic rings. The van der Waals surface area contributed by atoms with Gasteiger partial charge in [-0.2, -0.15) is 0 Å². The van der Waals surface area contributed by atoms with Crippen LogP contribution < -0.4 is 5.32 Å². The molecule has 3 aromatic carbocycles. The molecule has 4 nitrogen and oxygen atoms in total. The molecule has 2 heterocycles. The number of anilines is 2. The van der Waals surface area contributed by atoms with E-state index in [2.05, 4.69) is 70.4 Å². The Bertz CT molecular complexity index is 1260. The Balaban J connectivity index is 1.40. The van der Waals surface area contributed by atoms with E-state index < -0.39 is 0 Å². The number of imidazole rings is 1. The molecule has 0 spiro atoms. The van der Waals surface area contributed by atoms with Crippen LogP contribution in [0.2, 0.25) is 5.02 Å². The first-order valence-corrected chi connectivity index (χ1v) is 12.6. The van der Waals surface area contributed by atoms with Gasteiger partial charge >= 0.3 is 0 Å². The molecule has 0 radical (unpaired) electrons. The molecule has 0 amide bonds. The van der Waals surface area contributed by atoms with Gasteiger partial charge in [-0.25, -0.2) is 4.98 Å². The van der Waals surface area contributed by atoms with Crippen LogP contribution in [0.4, 0.5) is 11.4 Å². The van der Waals surface area contributed by atoms with Crippen molar-refractivity contribution in [1.29, 1.82) is 0 Å². The van der Waals surface area contributed by atoms with E-state index in [4.69, 9.17) is 11.6 Å². The Morgan fingerprint density at radius 2 is 1.85 bits per heavy atom. The number of aromatic amines is 1. The van der Waals surface area contributed by atoms with Gasteiger partial charge in [0.15, 0.2) is 0 Å². The third-order valence-electron chi connectivity index (χ3n) is 6.92. The van der Waals surface area contributed by atoms with Crippen molar-refractivity contribution in [2.75, 3.05) is 11.9 Å².